The summed E-state index contributed by atoms with van der Waals surface area (Å²) in [6.45, 7) is 6.52. The predicted molar refractivity (Wildman–Crippen MR) is 78.3 cm³/mol. The van der Waals surface area contributed by atoms with Crippen LogP contribution in [-0.2, 0) is 6.54 Å². The summed E-state index contributed by atoms with van der Waals surface area (Å²) in [6, 6.07) is 7.95. The molecule has 0 aliphatic heterocycles. The number of hydrogen-bond donors (Lipinski definition) is 1. The Hall–Kier alpha value is -0.700. The van der Waals surface area contributed by atoms with Gasteiger partial charge in [0.25, 0.3) is 0 Å². The van der Waals surface area contributed by atoms with Crippen LogP contribution in [0.5, 0.6) is 5.75 Å². The lowest BCUT2D eigenvalue weighted by Crippen LogP contribution is -2.18. The van der Waals surface area contributed by atoms with Crippen LogP contribution in [0.1, 0.15) is 19.4 Å². The molecule has 0 atom stereocenters. The summed E-state index contributed by atoms with van der Waals surface area (Å²) < 4.78 is 5.51. The van der Waals surface area contributed by atoms with Gasteiger partial charge in [-0.05, 0) is 30.2 Å². The van der Waals surface area contributed by atoms with Crippen molar-refractivity contribution in [1.82, 2.24) is 5.32 Å². The largest absolute Gasteiger partial charge is 0.488 e. The zero-order valence-electron chi connectivity index (χ0n) is 10.7. The van der Waals surface area contributed by atoms with Gasteiger partial charge in [-0.2, -0.15) is 0 Å². The van der Waals surface area contributed by atoms with Gasteiger partial charge in [0, 0.05) is 12.1 Å². The fourth-order valence-corrected chi connectivity index (χ4v) is 1.55. The SMILES string of the molecule is CC(C)CNCc1cccc(OCC(Cl)=CCl)c1. The van der Waals surface area contributed by atoms with Crippen LogP contribution in [0.4, 0.5) is 0 Å². The minimum Gasteiger partial charge on any atom is -0.488 e. The highest BCUT2D eigenvalue weighted by Gasteiger charge is 1.99. The quantitative estimate of drug-likeness (QED) is 0.814. The van der Waals surface area contributed by atoms with Crippen molar-refractivity contribution in [2.24, 2.45) is 5.92 Å². The van der Waals surface area contributed by atoms with Crippen molar-refractivity contribution in [3.05, 3.63) is 40.4 Å². The van der Waals surface area contributed by atoms with Gasteiger partial charge in [-0.1, -0.05) is 49.2 Å². The van der Waals surface area contributed by atoms with E-state index in [1.807, 2.05) is 18.2 Å². The van der Waals surface area contributed by atoms with Gasteiger partial charge in [-0.25, -0.2) is 0 Å². The minimum absolute atomic E-state index is 0.300. The van der Waals surface area contributed by atoms with Gasteiger partial charge >= 0.3 is 0 Å². The molecule has 0 fully saturated rings. The molecule has 4 heteroatoms. The van der Waals surface area contributed by atoms with E-state index in [4.69, 9.17) is 27.9 Å². The van der Waals surface area contributed by atoms with Crippen LogP contribution >= 0.6 is 23.2 Å². The van der Waals surface area contributed by atoms with E-state index < -0.39 is 0 Å². The Morgan fingerprint density at radius 1 is 1.44 bits per heavy atom. The first kappa shape index (κ1) is 15.4. The number of benzene rings is 1. The zero-order chi connectivity index (χ0) is 13.4. The van der Waals surface area contributed by atoms with E-state index in [0.717, 1.165) is 18.8 Å². The standard InChI is InChI=1S/C14H19Cl2NO/c1-11(2)8-17-9-12-4-3-5-14(6-12)18-10-13(16)7-15/h3-7,11,17H,8-10H2,1-2H3. The molecule has 1 N–H and O–H groups in total. The van der Waals surface area contributed by atoms with Crippen molar-refractivity contribution in [3.63, 3.8) is 0 Å². The molecule has 0 aromatic heterocycles. The molecule has 0 aliphatic rings. The summed E-state index contributed by atoms with van der Waals surface area (Å²) in [4.78, 5) is 0. The summed E-state index contributed by atoms with van der Waals surface area (Å²) in [5.41, 5.74) is 2.51. The average Bonchev–Trinajstić information content (AvgIpc) is 2.36. The smallest absolute Gasteiger partial charge is 0.125 e. The lowest BCUT2D eigenvalue weighted by Gasteiger charge is -2.09. The first-order chi connectivity index (χ1) is 8.61. The van der Waals surface area contributed by atoms with E-state index in [2.05, 4.69) is 25.2 Å². The number of ether oxygens (including phenoxy) is 1. The van der Waals surface area contributed by atoms with Crippen LogP contribution < -0.4 is 10.1 Å². The highest BCUT2D eigenvalue weighted by Crippen LogP contribution is 2.15. The molecule has 0 aliphatic carbocycles. The van der Waals surface area contributed by atoms with E-state index in [1.54, 1.807) is 0 Å². The first-order valence-electron chi connectivity index (χ1n) is 5.99. The Balaban J connectivity index is 2.46. The Morgan fingerprint density at radius 3 is 2.89 bits per heavy atom. The van der Waals surface area contributed by atoms with Gasteiger partial charge in [0.2, 0.25) is 0 Å². The molecular weight excluding hydrogens is 269 g/mol. The molecule has 0 saturated heterocycles. The third-order valence-electron chi connectivity index (χ3n) is 2.28. The van der Waals surface area contributed by atoms with Crippen LogP contribution in [-0.4, -0.2) is 13.2 Å². The van der Waals surface area contributed by atoms with Gasteiger partial charge in [-0.15, -0.1) is 0 Å². The molecule has 0 amide bonds. The molecule has 0 heterocycles. The zero-order valence-corrected chi connectivity index (χ0v) is 12.3. The maximum absolute atomic E-state index is 5.77. The molecule has 0 saturated carbocycles. The second-order valence-electron chi connectivity index (χ2n) is 4.52. The van der Waals surface area contributed by atoms with Crippen molar-refractivity contribution in [2.75, 3.05) is 13.2 Å². The molecule has 0 bridgehead atoms. The summed E-state index contributed by atoms with van der Waals surface area (Å²) in [5, 5.41) is 3.88. The Labute approximate surface area is 119 Å². The molecule has 1 aromatic carbocycles. The third-order valence-corrected chi connectivity index (χ3v) is 2.87. The van der Waals surface area contributed by atoms with Gasteiger partial charge in [0.05, 0.1) is 5.03 Å². The molecule has 0 spiro atoms. The van der Waals surface area contributed by atoms with Crippen molar-refractivity contribution < 1.29 is 4.74 Å². The van der Waals surface area contributed by atoms with Gasteiger partial charge in [0.1, 0.15) is 12.4 Å². The highest BCUT2D eigenvalue weighted by atomic mass is 35.5. The lowest BCUT2D eigenvalue weighted by atomic mass is 10.2. The van der Waals surface area contributed by atoms with E-state index in [-0.39, 0.29) is 0 Å². The van der Waals surface area contributed by atoms with E-state index >= 15 is 0 Å². The van der Waals surface area contributed by atoms with Crippen LogP contribution in [0.25, 0.3) is 0 Å². The van der Waals surface area contributed by atoms with Crippen molar-refractivity contribution in [1.29, 1.82) is 0 Å². The van der Waals surface area contributed by atoms with Gasteiger partial charge in [0.15, 0.2) is 0 Å². The minimum atomic E-state index is 0.300. The van der Waals surface area contributed by atoms with Crippen LogP contribution in [0.3, 0.4) is 0 Å². The van der Waals surface area contributed by atoms with Crippen LogP contribution in [0.2, 0.25) is 0 Å². The van der Waals surface area contributed by atoms with E-state index in [0.29, 0.717) is 17.6 Å². The summed E-state index contributed by atoms with van der Waals surface area (Å²) in [5.74, 6) is 1.45. The molecule has 0 unspecified atom stereocenters. The monoisotopic (exact) mass is 287 g/mol. The maximum Gasteiger partial charge on any atom is 0.125 e. The fraction of sp³-hybridized carbons (Fsp3) is 0.429. The molecule has 0 radical (unpaired) electrons. The highest BCUT2D eigenvalue weighted by molar-refractivity contribution is 6.36. The van der Waals surface area contributed by atoms with E-state index in [9.17, 15) is 0 Å². The Morgan fingerprint density at radius 2 is 2.22 bits per heavy atom. The third kappa shape index (κ3) is 6.29. The summed E-state index contributed by atoms with van der Waals surface area (Å²) in [6.07, 6.45) is 0. The summed E-state index contributed by atoms with van der Waals surface area (Å²) >= 11 is 11.2. The first-order valence-corrected chi connectivity index (χ1v) is 6.80. The predicted octanol–water partition coefficient (Wildman–Crippen LogP) is 4.13. The maximum atomic E-state index is 5.77. The van der Waals surface area contributed by atoms with Crippen molar-refractivity contribution in [2.45, 2.75) is 20.4 Å². The Kier molecular flexibility index (Phi) is 7.18. The van der Waals surface area contributed by atoms with Crippen molar-refractivity contribution >= 4 is 23.2 Å². The average molecular weight is 288 g/mol. The van der Waals surface area contributed by atoms with Crippen LogP contribution in [0.15, 0.2) is 34.8 Å². The molecule has 100 valence electrons. The second kappa shape index (κ2) is 8.41. The number of rotatable bonds is 7. The molecular formula is C14H19Cl2NO. The normalized spacial score (nSPS) is 11.9. The number of hydrogen-bond acceptors (Lipinski definition) is 2. The topological polar surface area (TPSA) is 21.3 Å². The molecule has 2 nitrogen and oxygen atoms in total. The van der Waals surface area contributed by atoms with Gasteiger partial charge < -0.3 is 10.1 Å². The number of halogens is 2. The molecule has 18 heavy (non-hydrogen) atoms. The summed E-state index contributed by atoms with van der Waals surface area (Å²) in [7, 11) is 0. The lowest BCUT2D eigenvalue weighted by molar-refractivity contribution is 0.359. The molecule has 1 aromatic rings. The van der Waals surface area contributed by atoms with Gasteiger partial charge in [-0.3, -0.25) is 0 Å². The Bertz CT molecular complexity index is 391. The molecule has 1 rings (SSSR count). The van der Waals surface area contributed by atoms with Crippen LogP contribution in [0, 0.1) is 5.92 Å². The second-order valence-corrected chi connectivity index (χ2v) is 5.22. The van der Waals surface area contributed by atoms with Crippen molar-refractivity contribution in [3.8, 4) is 5.75 Å². The number of nitrogens with one attached hydrogen (secondary N) is 1. The van der Waals surface area contributed by atoms with E-state index in [1.165, 1.54) is 11.1 Å². The fourth-order valence-electron chi connectivity index (χ4n) is 1.43.